The van der Waals surface area contributed by atoms with E-state index in [1.165, 1.54) is 54.0 Å². The maximum absolute atomic E-state index is 3.70. The molecule has 220 valence electrons. The molecule has 5 aromatic carbocycles. The Morgan fingerprint density at radius 3 is 1.89 bits per heavy atom. The van der Waals surface area contributed by atoms with Gasteiger partial charge in [0.05, 0.1) is 5.54 Å². The van der Waals surface area contributed by atoms with Gasteiger partial charge in [-0.2, -0.15) is 0 Å². The van der Waals surface area contributed by atoms with E-state index in [2.05, 4.69) is 175 Å². The normalized spacial score (nSPS) is 17.8. The topological polar surface area (TPSA) is 17.0 Å². The summed E-state index contributed by atoms with van der Waals surface area (Å²) >= 11 is 0. The van der Waals surface area contributed by atoms with Crippen molar-refractivity contribution in [3.63, 3.8) is 0 Å². The Kier molecular flexibility index (Phi) is 7.01. The number of benzene rings is 5. The number of nitrogens with zero attached hydrogens (tertiary/aromatic N) is 1. The molecule has 3 heteroatoms. The highest BCUT2D eigenvalue weighted by atomic mass is 28.3. The summed E-state index contributed by atoms with van der Waals surface area (Å²) in [5.74, 6) is 0. The van der Waals surface area contributed by atoms with Crippen LogP contribution in [0.4, 0.5) is 0 Å². The number of hydrogen-bond donors (Lipinski definition) is 1. The second-order valence-corrected chi connectivity index (χ2v) is 16.5. The van der Waals surface area contributed by atoms with Crippen LogP contribution in [0.5, 0.6) is 0 Å². The minimum Gasteiger partial charge on any atom is -0.335 e. The second kappa shape index (κ2) is 11.3. The van der Waals surface area contributed by atoms with E-state index in [0.717, 1.165) is 25.9 Å². The van der Waals surface area contributed by atoms with Crippen LogP contribution in [0.2, 0.25) is 0 Å². The molecule has 1 atom stereocenters. The monoisotopic (exact) mass is 598 g/mol. The van der Waals surface area contributed by atoms with Crippen molar-refractivity contribution in [2.75, 3.05) is 6.54 Å². The van der Waals surface area contributed by atoms with Gasteiger partial charge in [0, 0.05) is 36.1 Å². The number of aromatic nitrogens is 1. The second-order valence-electron chi connectivity index (χ2n) is 12.7. The molecule has 6 aromatic rings. The van der Waals surface area contributed by atoms with Crippen molar-refractivity contribution in [1.29, 1.82) is 0 Å². The Hall–Kier alpha value is -4.70. The molecule has 1 aliphatic heterocycles. The largest absolute Gasteiger partial charge is 0.335 e. The lowest BCUT2D eigenvalue weighted by Crippen LogP contribution is -2.74. The maximum Gasteiger partial charge on any atom is 0.179 e. The van der Waals surface area contributed by atoms with Gasteiger partial charge in [-0.05, 0) is 56.8 Å². The van der Waals surface area contributed by atoms with E-state index in [9.17, 15) is 0 Å². The van der Waals surface area contributed by atoms with E-state index in [4.69, 9.17) is 0 Å². The highest BCUT2D eigenvalue weighted by Gasteiger charge is 2.42. The third-order valence-electron chi connectivity index (χ3n) is 10.0. The van der Waals surface area contributed by atoms with Crippen molar-refractivity contribution in [1.82, 2.24) is 9.88 Å². The highest BCUT2D eigenvalue weighted by molar-refractivity contribution is 7.20. The van der Waals surface area contributed by atoms with E-state index in [1.54, 1.807) is 0 Å². The minimum atomic E-state index is -2.69. The first-order chi connectivity index (χ1) is 22.2. The predicted molar refractivity (Wildman–Crippen MR) is 193 cm³/mol. The van der Waals surface area contributed by atoms with E-state index in [-0.39, 0.29) is 5.54 Å². The van der Waals surface area contributed by atoms with Gasteiger partial charge in [0.1, 0.15) is 0 Å². The SMILES string of the molecule is CC1(n2c3c(c4cc([Si](c5ccccc5)(c5ccccc5)c5ccc(-c6ccccc6)cc5)ccc42)CNCC3)C=CC=CC1. The van der Waals surface area contributed by atoms with Gasteiger partial charge in [0.15, 0.2) is 8.07 Å². The summed E-state index contributed by atoms with van der Waals surface area (Å²) in [4.78, 5) is 0. The molecule has 1 aromatic heterocycles. The molecule has 0 saturated carbocycles. The molecular formula is C42H38N2Si. The number of allylic oxidation sites excluding steroid dienone is 4. The summed E-state index contributed by atoms with van der Waals surface area (Å²) in [6.07, 6.45) is 11.2. The number of nitrogens with one attached hydrogen (secondary N) is 1. The van der Waals surface area contributed by atoms with Gasteiger partial charge < -0.3 is 9.88 Å². The molecule has 1 unspecified atom stereocenters. The lowest BCUT2D eigenvalue weighted by molar-refractivity contribution is 0.405. The van der Waals surface area contributed by atoms with Crippen molar-refractivity contribution < 1.29 is 0 Å². The van der Waals surface area contributed by atoms with Crippen molar-refractivity contribution in [2.45, 2.75) is 31.8 Å². The van der Waals surface area contributed by atoms with Gasteiger partial charge in [-0.15, -0.1) is 0 Å². The fraction of sp³-hybridized carbons (Fsp3) is 0.143. The van der Waals surface area contributed by atoms with Gasteiger partial charge >= 0.3 is 0 Å². The average molecular weight is 599 g/mol. The smallest absolute Gasteiger partial charge is 0.179 e. The molecule has 0 spiro atoms. The summed E-state index contributed by atoms with van der Waals surface area (Å²) < 4.78 is 2.66. The molecule has 0 fully saturated rings. The maximum atomic E-state index is 3.70. The quantitative estimate of drug-likeness (QED) is 0.170. The Morgan fingerprint density at radius 2 is 1.24 bits per heavy atom. The molecule has 1 N–H and O–H groups in total. The average Bonchev–Trinajstić information content (AvgIpc) is 3.45. The first-order valence-corrected chi connectivity index (χ1v) is 18.2. The Morgan fingerprint density at radius 1 is 0.644 bits per heavy atom. The minimum absolute atomic E-state index is 0.0694. The van der Waals surface area contributed by atoms with Crippen LogP contribution in [0.1, 0.15) is 24.6 Å². The van der Waals surface area contributed by atoms with E-state index in [1.807, 2.05) is 0 Å². The van der Waals surface area contributed by atoms with Gasteiger partial charge in [-0.25, -0.2) is 0 Å². The molecule has 0 bridgehead atoms. The standard InChI is InChI=1S/C42H38N2Si/c1-42(27-12-5-13-28-42)44-40-25-24-37(30-38(40)39-31-43-29-26-41(39)44)45(34-16-8-3-9-17-34,35-18-10-4-11-19-35)36-22-20-33(21-23-36)32-14-6-2-7-15-32/h2-25,27,30,43H,26,28-29,31H2,1H3. The Balaban J connectivity index is 1.41. The molecule has 8 rings (SSSR count). The fourth-order valence-electron chi connectivity index (χ4n) is 7.91. The van der Waals surface area contributed by atoms with E-state index >= 15 is 0 Å². The van der Waals surface area contributed by atoms with Gasteiger partial charge in [0.25, 0.3) is 0 Å². The summed E-state index contributed by atoms with van der Waals surface area (Å²) in [6.45, 7) is 4.32. The van der Waals surface area contributed by atoms with Gasteiger partial charge in [0.2, 0.25) is 0 Å². The van der Waals surface area contributed by atoms with Crippen LogP contribution in [-0.2, 0) is 18.5 Å². The molecule has 0 saturated heterocycles. The van der Waals surface area contributed by atoms with Crippen molar-refractivity contribution in [3.8, 4) is 11.1 Å². The third-order valence-corrected chi connectivity index (χ3v) is 14.8. The van der Waals surface area contributed by atoms with Crippen molar-refractivity contribution in [3.05, 3.63) is 169 Å². The van der Waals surface area contributed by atoms with Crippen LogP contribution in [0, 0.1) is 0 Å². The first kappa shape index (κ1) is 27.8. The molecule has 2 nitrogen and oxygen atoms in total. The molecule has 45 heavy (non-hydrogen) atoms. The summed E-state index contributed by atoms with van der Waals surface area (Å²) in [5.41, 5.74) is 6.73. The molecule has 0 radical (unpaired) electrons. The summed E-state index contributed by atoms with van der Waals surface area (Å²) in [6, 6.07) is 50.2. The zero-order valence-electron chi connectivity index (χ0n) is 25.8. The predicted octanol–water partition coefficient (Wildman–Crippen LogP) is 6.56. The Bertz CT molecular complexity index is 1980. The van der Waals surface area contributed by atoms with Crippen LogP contribution in [0.15, 0.2) is 158 Å². The van der Waals surface area contributed by atoms with Crippen LogP contribution >= 0.6 is 0 Å². The van der Waals surface area contributed by atoms with E-state index in [0.29, 0.717) is 0 Å². The van der Waals surface area contributed by atoms with Crippen molar-refractivity contribution in [2.24, 2.45) is 0 Å². The fourth-order valence-corrected chi connectivity index (χ4v) is 12.7. The molecule has 2 aliphatic rings. The van der Waals surface area contributed by atoms with E-state index < -0.39 is 8.07 Å². The van der Waals surface area contributed by atoms with Crippen molar-refractivity contribution >= 4 is 39.7 Å². The lowest BCUT2D eigenvalue weighted by Gasteiger charge is -2.35. The highest BCUT2D eigenvalue weighted by Crippen LogP contribution is 2.37. The third kappa shape index (κ3) is 4.58. The number of rotatable bonds is 6. The molecule has 2 heterocycles. The zero-order chi connectivity index (χ0) is 30.3. The van der Waals surface area contributed by atoms with Gasteiger partial charge in [-0.3, -0.25) is 0 Å². The van der Waals surface area contributed by atoms with Crippen LogP contribution < -0.4 is 26.1 Å². The number of fused-ring (bicyclic) bond motifs is 3. The van der Waals surface area contributed by atoms with Crippen LogP contribution in [0.3, 0.4) is 0 Å². The molecular weight excluding hydrogens is 561 g/mol. The molecule has 0 amide bonds. The Labute approximate surface area is 267 Å². The van der Waals surface area contributed by atoms with Crippen LogP contribution in [-0.4, -0.2) is 19.2 Å². The van der Waals surface area contributed by atoms with Crippen LogP contribution in [0.25, 0.3) is 22.0 Å². The molecule has 1 aliphatic carbocycles. The zero-order valence-corrected chi connectivity index (χ0v) is 26.8. The lowest BCUT2D eigenvalue weighted by atomic mass is 9.92. The summed E-state index contributed by atoms with van der Waals surface area (Å²) in [5, 5.41) is 10.7. The summed E-state index contributed by atoms with van der Waals surface area (Å²) in [7, 11) is -2.69. The van der Waals surface area contributed by atoms with Gasteiger partial charge in [-0.1, -0.05) is 152 Å². The first-order valence-electron chi connectivity index (χ1n) is 16.2. The number of hydrogen-bond acceptors (Lipinski definition) is 1.